The second-order valence-electron chi connectivity index (χ2n) is 26.1. The fraction of sp³-hybridized carbons (Fsp3) is 0.236. The van der Waals surface area contributed by atoms with Gasteiger partial charge in [0.25, 0.3) is 6.71 Å². The molecule has 3 heterocycles. The number of halogens is 3. The quantitative estimate of drug-likeness (QED) is 0.126. The topological polar surface area (TPSA) is 15.8 Å². The second kappa shape index (κ2) is 18.4. The molecule has 10 aromatic rings. The number of hydrogen-bond acceptors (Lipinski definition) is 2. The molecule has 0 saturated heterocycles. The maximum atomic E-state index is 15.0. The summed E-state index contributed by atoms with van der Waals surface area (Å²) in [5.74, 6) is 0. The summed E-state index contributed by atoms with van der Waals surface area (Å²) in [7, 11) is 0. The van der Waals surface area contributed by atoms with Crippen LogP contribution in [0.3, 0.4) is 0 Å². The van der Waals surface area contributed by atoms with Crippen molar-refractivity contribution in [1.82, 2.24) is 4.57 Å². The lowest BCUT2D eigenvalue weighted by atomic mass is 9.33. The predicted molar refractivity (Wildman–Crippen MR) is 332 cm³/mol. The van der Waals surface area contributed by atoms with Gasteiger partial charge in [0.05, 0.1) is 28.9 Å². The number of nitrogens with zero attached hydrogens (tertiary/aromatic N) is 4. The normalized spacial score (nSPS) is 13.6. The van der Waals surface area contributed by atoms with Crippen molar-refractivity contribution in [2.75, 3.05) is 9.80 Å². The Balaban J connectivity index is 1.17. The van der Waals surface area contributed by atoms with Gasteiger partial charge in [0.2, 0.25) is 0 Å². The molecular weight excluding hydrogens is 989 g/mol. The first-order valence-corrected chi connectivity index (χ1v) is 27.8. The fourth-order valence-electron chi connectivity index (χ4n) is 12.2. The zero-order valence-electron chi connectivity index (χ0n) is 47.8. The minimum absolute atomic E-state index is 0.0203. The average molecular weight is 1060 g/mol. The average Bonchev–Trinajstić information content (AvgIpc) is 3.84. The smallest absolute Gasteiger partial charge is 0.311 e. The first-order valence-electron chi connectivity index (χ1n) is 27.8. The van der Waals surface area contributed by atoms with Crippen molar-refractivity contribution in [1.29, 1.82) is 0 Å². The number of rotatable bonds is 5. The lowest BCUT2D eigenvalue weighted by molar-refractivity contribution is -0.137. The van der Waals surface area contributed by atoms with Gasteiger partial charge in [-0.1, -0.05) is 186 Å². The zero-order valence-corrected chi connectivity index (χ0v) is 47.8. The van der Waals surface area contributed by atoms with Crippen LogP contribution in [0.4, 0.5) is 53.0 Å². The van der Waals surface area contributed by atoms with E-state index in [1.165, 1.54) is 50.8 Å². The van der Waals surface area contributed by atoms with Gasteiger partial charge in [-0.05, 0) is 156 Å². The molecule has 2 aliphatic rings. The molecule has 398 valence electrons. The Morgan fingerprint density at radius 1 is 0.400 bits per heavy atom. The van der Waals surface area contributed by atoms with E-state index in [9.17, 15) is 13.2 Å². The number of hydrogen-bond donors (Lipinski definition) is 0. The monoisotopic (exact) mass is 1050 g/mol. The van der Waals surface area contributed by atoms with Crippen LogP contribution in [-0.4, -0.2) is 11.3 Å². The van der Waals surface area contributed by atoms with Crippen molar-refractivity contribution in [2.24, 2.45) is 0 Å². The number of benzene rings is 9. The van der Waals surface area contributed by atoms with Crippen molar-refractivity contribution in [3.05, 3.63) is 221 Å². The molecule has 1 aromatic heterocycles. The van der Waals surface area contributed by atoms with E-state index in [2.05, 4.69) is 224 Å². The van der Waals surface area contributed by atoms with Crippen LogP contribution in [0.25, 0.3) is 54.6 Å². The molecule has 0 bridgehead atoms. The largest absolute Gasteiger partial charge is 0.415 e. The van der Waals surface area contributed by atoms with E-state index in [0.29, 0.717) is 11.3 Å². The van der Waals surface area contributed by atoms with Crippen molar-refractivity contribution in [3.63, 3.8) is 0 Å². The predicted octanol–water partition coefficient (Wildman–Crippen LogP) is 19.0. The Bertz CT molecular complexity index is 3990. The third kappa shape index (κ3) is 8.77. The molecule has 0 radical (unpaired) electrons. The summed E-state index contributed by atoms with van der Waals surface area (Å²) in [6.45, 7) is 35.0. The molecule has 0 aliphatic carbocycles. The first kappa shape index (κ1) is 52.4. The van der Waals surface area contributed by atoms with Crippen molar-refractivity contribution in [2.45, 2.75) is 111 Å². The molecule has 4 nitrogen and oxygen atoms in total. The Hall–Kier alpha value is -8.28. The van der Waals surface area contributed by atoms with Gasteiger partial charge in [-0.2, -0.15) is 13.2 Å². The Morgan fingerprint density at radius 3 is 1.36 bits per heavy atom. The van der Waals surface area contributed by atoms with E-state index < -0.39 is 11.7 Å². The minimum atomic E-state index is -4.68. The van der Waals surface area contributed by atoms with E-state index in [1.54, 1.807) is 12.1 Å². The van der Waals surface area contributed by atoms with E-state index in [1.807, 2.05) is 30.3 Å². The van der Waals surface area contributed by atoms with Crippen LogP contribution < -0.4 is 26.2 Å². The summed E-state index contributed by atoms with van der Waals surface area (Å²) in [5.41, 5.74) is 18.9. The van der Waals surface area contributed by atoms with Gasteiger partial charge in [-0.3, -0.25) is 0 Å². The highest BCUT2D eigenvalue weighted by Gasteiger charge is 2.44. The Morgan fingerprint density at radius 2 is 0.863 bits per heavy atom. The standard InChI is InChI=1S/C72H66BF3N4/c1-68(2,3)46-37-47(69(4,5)6)40-51(39-46)78-63-28-20-16-24-58(63)73-59-25-17-21-29-64(59)79(52-41-48(70(7,8)9)38-49(42-52)71(10,11)12)66-36-45(35-65(78)67(66)73)44-30-33-62-56(34-44)55-23-15-19-27-61(55)80(62)60-26-18-14-22-54(60)53-32-31-50(77-13)43-57(53)72(74,75)76/h14-43H,1-12H3. The maximum absolute atomic E-state index is 15.0. The van der Waals surface area contributed by atoms with Crippen LogP contribution in [0, 0.1) is 6.57 Å². The lowest BCUT2D eigenvalue weighted by Gasteiger charge is -2.45. The third-order valence-corrected chi connectivity index (χ3v) is 16.6. The number of para-hydroxylation sites is 4. The van der Waals surface area contributed by atoms with Gasteiger partial charge in [0.1, 0.15) is 0 Å². The summed E-state index contributed by atoms with van der Waals surface area (Å²) in [4.78, 5) is 8.41. The molecule has 0 unspecified atom stereocenters. The SMILES string of the molecule is [C-]#[N+]c1ccc(-c2ccccc2-n2c3ccccc3c3cc(-c4cc5c6c(c4)N(c4cc(C(C)(C)C)cc(C(C)(C)C)c4)c4ccccc4B6c4ccccc4N5c4cc(C(C)(C)C)cc(C(C)(C)C)c4)ccc32)c(C(F)(F)F)c1. The van der Waals surface area contributed by atoms with E-state index >= 15 is 0 Å². The summed E-state index contributed by atoms with van der Waals surface area (Å²) >= 11 is 0. The summed E-state index contributed by atoms with van der Waals surface area (Å²) < 4.78 is 46.9. The molecule has 9 aromatic carbocycles. The molecule has 0 fully saturated rings. The number of anilines is 6. The van der Waals surface area contributed by atoms with Crippen LogP contribution in [0.15, 0.2) is 182 Å². The molecule has 2 aliphatic heterocycles. The van der Waals surface area contributed by atoms with E-state index in [0.717, 1.165) is 73.1 Å². The van der Waals surface area contributed by atoms with E-state index in [4.69, 9.17) is 6.57 Å². The number of alkyl halides is 3. The molecule has 80 heavy (non-hydrogen) atoms. The first-order chi connectivity index (χ1) is 37.8. The third-order valence-electron chi connectivity index (χ3n) is 16.6. The van der Waals surface area contributed by atoms with Gasteiger partial charge in [-0.15, -0.1) is 0 Å². The molecule has 0 amide bonds. The van der Waals surface area contributed by atoms with Crippen LogP contribution >= 0.6 is 0 Å². The van der Waals surface area contributed by atoms with Gasteiger partial charge in [0.15, 0.2) is 5.69 Å². The van der Waals surface area contributed by atoms with Crippen LogP contribution in [0.1, 0.15) is 111 Å². The summed E-state index contributed by atoms with van der Waals surface area (Å²) in [5, 5.41) is 1.95. The van der Waals surface area contributed by atoms with Crippen molar-refractivity contribution in [3.8, 4) is 27.9 Å². The van der Waals surface area contributed by atoms with Crippen molar-refractivity contribution >= 4 is 84.7 Å². The molecular formula is C72H66BF3N4. The molecule has 8 heteroatoms. The molecule has 0 N–H and O–H groups in total. The fourth-order valence-corrected chi connectivity index (χ4v) is 12.2. The summed E-state index contributed by atoms with van der Waals surface area (Å²) in [6.07, 6.45) is -4.68. The van der Waals surface area contributed by atoms with Gasteiger partial charge >= 0.3 is 6.18 Å². The van der Waals surface area contributed by atoms with Crippen LogP contribution in [0.5, 0.6) is 0 Å². The Kier molecular flexibility index (Phi) is 12.1. The molecule has 0 spiro atoms. The van der Waals surface area contributed by atoms with E-state index in [-0.39, 0.29) is 39.6 Å². The Labute approximate surface area is 470 Å². The highest BCUT2D eigenvalue weighted by Crippen LogP contribution is 2.50. The van der Waals surface area contributed by atoms with Gasteiger partial charge < -0.3 is 14.4 Å². The highest BCUT2D eigenvalue weighted by molar-refractivity contribution is 7.00. The molecule has 0 saturated carbocycles. The lowest BCUT2D eigenvalue weighted by Crippen LogP contribution is -2.61. The van der Waals surface area contributed by atoms with Crippen LogP contribution in [-0.2, 0) is 27.8 Å². The molecule has 0 atom stereocenters. The summed E-state index contributed by atoms with van der Waals surface area (Å²) in [6, 6.07) is 63.0. The maximum Gasteiger partial charge on any atom is 0.415 e. The van der Waals surface area contributed by atoms with Crippen molar-refractivity contribution < 1.29 is 13.2 Å². The second-order valence-corrected chi connectivity index (χ2v) is 26.1. The van der Waals surface area contributed by atoms with Crippen LogP contribution in [0.2, 0.25) is 0 Å². The van der Waals surface area contributed by atoms with Gasteiger partial charge in [-0.25, -0.2) is 4.85 Å². The highest BCUT2D eigenvalue weighted by atomic mass is 19.4. The number of fused-ring (bicyclic) bond motifs is 7. The molecule has 12 rings (SSSR count). The number of aromatic nitrogens is 1. The minimum Gasteiger partial charge on any atom is -0.311 e. The van der Waals surface area contributed by atoms with Gasteiger partial charge in [0, 0.05) is 50.5 Å². The zero-order chi connectivity index (χ0) is 56.6.